The molecule has 0 N–H and O–H groups in total. The van der Waals surface area contributed by atoms with Crippen molar-refractivity contribution in [2.75, 3.05) is 0 Å². The van der Waals surface area contributed by atoms with Crippen LogP contribution >= 0.6 is 0 Å². The summed E-state index contributed by atoms with van der Waals surface area (Å²) < 4.78 is 73.3. The summed E-state index contributed by atoms with van der Waals surface area (Å²) in [6.45, 7) is -3.90. The Balaban J connectivity index is 0.00000256. The zero-order valence-corrected chi connectivity index (χ0v) is 12.4. The van der Waals surface area contributed by atoms with Gasteiger partial charge in [0.1, 0.15) is 0 Å². The molecule has 1 aromatic rings. The average Bonchev–Trinajstić information content (AvgIpc) is 2.04. The standard InChI is InChI=1S/C9H8BF6.K/c1-6-2-3-7(5-10(14,15)16)4-8(6)9(11,12)13;/h2-4H,5H2,1H3;/q-1;+1. The summed E-state index contributed by atoms with van der Waals surface area (Å²) >= 11 is 0. The van der Waals surface area contributed by atoms with Crippen molar-refractivity contribution >= 4 is 6.98 Å². The number of alkyl halides is 3. The molecule has 0 aliphatic rings. The van der Waals surface area contributed by atoms with E-state index in [1.54, 1.807) is 0 Å². The molecule has 0 saturated carbocycles. The van der Waals surface area contributed by atoms with E-state index in [9.17, 15) is 26.1 Å². The summed E-state index contributed by atoms with van der Waals surface area (Å²) in [5, 5.41) is 0. The van der Waals surface area contributed by atoms with Crippen molar-refractivity contribution in [2.24, 2.45) is 0 Å². The molecule has 0 saturated heterocycles. The minimum Gasteiger partial charge on any atom is -0.449 e. The largest absolute Gasteiger partial charge is 1.00 e. The van der Waals surface area contributed by atoms with Crippen LogP contribution in [0, 0.1) is 6.92 Å². The second-order valence-electron chi connectivity index (χ2n) is 3.56. The van der Waals surface area contributed by atoms with Crippen molar-refractivity contribution in [1.82, 2.24) is 0 Å². The van der Waals surface area contributed by atoms with Crippen LogP contribution < -0.4 is 51.4 Å². The van der Waals surface area contributed by atoms with Gasteiger partial charge in [-0.2, -0.15) is 13.2 Å². The molecule has 0 aromatic heterocycles. The first kappa shape index (κ1) is 17.5. The Hall–Kier alpha value is 0.501. The average molecular weight is 280 g/mol. The number of aryl methyl sites for hydroxylation is 1. The smallest absolute Gasteiger partial charge is 0.449 e. The van der Waals surface area contributed by atoms with E-state index in [1.165, 1.54) is 6.92 Å². The molecule has 8 heteroatoms. The Bertz CT molecular complexity index is 384. The maximum atomic E-state index is 12.4. The Morgan fingerprint density at radius 1 is 1.12 bits per heavy atom. The van der Waals surface area contributed by atoms with Crippen LogP contribution in [-0.2, 0) is 12.5 Å². The van der Waals surface area contributed by atoms with E-state index in [0.29, 0.717) is 6.07 Å². The summed E-state index contributed by atoms with van der Waals surface area (Å²) in [6.07, 6.45) is -5.90. The first-order valence-corrected chi connectivity index (χ1v) is 4.47. The first-order chi connectivity index (χ1) is 7.09. The predicted octanol–water partition coefficient (Wildman–Crippen LogP) is 0.947. The maximum Gasteiger partial charge on any atom is 1.00 e. The summed E-state index contributed by atoms with van der Waals surface area (Å²) in [5.74, 6) is 0. The second-order valence-corrected chi connectivity index (χ2v) is 3.56. The van der Waals surface area contributed by atoms with Gasteiger partial charge in [-0.05, 0) is 18.6 Å². The minimum absolute atomic E-state index is 0. The third-order valence-electron chi connectivity index (χ3n) is 2.07. The van der Waals surface area contributed by atoms with Crippen molar-refractivity contribution in [3.8, 4) is 0 Å². The van der Waals surface area contributed by atoms with Crippen LogP contribution in [0.15, 0.2) is 18.2 Å². The molecule has 0 atom stereocenters. The Labute approximate surface area is 137 Å². The van der Waals surface area contributed by atoms with Crippen LogP contribution in [0.4, 0.5) is 26.1 Å². The van der Waals surface area contributed by atoms with Gasteiger partial charge in [0.15, 0.2) is 0 Å². The van der Waals surface area contributed by atoms with Crippen LogP contribution in [-0.4, -0.2) is 6.98 Å². The molecule has 0 bridgehead atoms. The molecule has 1 aromatic carbocycles. The van der Waals surface area contributed by atoms with Crippen LogP contribution in [0.1, 0.15) is 16.7 Å². The molecule has 0 aliphatic carbocycles. The molecular formula is C9H8BF6K. The molecule has 0 fully saturated rings. The molecule has 0 unspecified atom stereocenters. The van der Waals surface area contributed by atoms with Gasteiger partial charge in [0.25, 0.3) is 0 Å². The molecule has 17 heavy (non-hydrogen) atoms. The fraction of sp³-hybridized carbons (Fsp3) is 0.333. The van der Waals surface area contributed by atoms with Gasteiger partial charge in [0, 0.05) is 0 Å². The van der Waals surface area contributed by atoms with Crippen molar-refractivity contribution in [2.45, 2.75) is 19.4 Å². The van der Waals surface area contributed by atoms with Gasteiger partial charge in [-0.1, -0.05) is 24.0 Å². The third-order valence-corrected chi connectivity index (χ3v) is 2.07. The summed E-state index contributed by atoms with van der Waals surface area (Å²) in [6, 6.07) is 2.68. The molecule has 1 rings (SSSR count). The Morgan fingerprint density at radius 2 is 1.65 bits per heavy atom. The normalized spacial score (nSPS) is 12.2. The molecule has 0 heterocycles. The van der Waals surface area contributed by atoms with Crippen LogP contribution in [0.2, 0.25) is 0 Å². The fourth-order valence-corrected chi connectivity index (χ4v) is 1.37. The second kappa shape index (κ2) is 6.10. The minimum atomic E-state index is -5.12. The Morgan fingerprint density at radius 3 is 2.06 bits per heavy atom. The van der Waals surface area contributed by atoms with E-state index >= 15 is 0 Å². The number of halogens is 6. The van der Waals surface area contributed by atoms with Gasteiger partial charge in [-0.25, -0.2) is 0 Å². The molecule has 0 spiro atoms. The number of hydrogen-bond acceptors (Lipinski definition) is 0. The van der Waals surface area contributed by atoms with Crippen molar-refractivity contribution in [1.29, 1.82) is 0 Å². The van der Waals surface area contributed by atoms with Gasteiger partial charge < -0.3 is 12.9 Å². The van der Waals surface area contributed by atoms with Gasteiger partial charge >= 0.3 is 64.5 Å². The monoisotopic (exact) mass is 280 g/mol. The fourth-order valence-electron chi connectivity index (χ4n) is 1.37. The Kier molecular flexibility index (Phi) is 6.28. The van der Waals surface area contributed by atoms with Gasteiger partial charge in [-0.15, -0.1) is 0 Å². The van der Waals surface area contributed by atoms with Crippen LogP contribution in [0.25, 0.3) is 0 Å². The zero-order valence-electron chi connectivity index (χ0n) is 9.28. The summed E-state index contributed by atoms with van der Waals surface area (Å²) in [4.78, 5) is 0. The van der Waals surface area contributed by atoms with Crippen molar-refractivity contribution < 1.29 is 77.5 Å². The quantitative estimate of drug-likeness (QED) is 0.559. The van der Waals surface area contributed by atoms with Crippen molar-refractivity contribution in [3.05, 3.63) is 34.9 Å². The van der Waals surface area contributed by atoms with E-state index in [1.807, 2.05) is 0 Å². The van der Waals surface area contributed by atoms with E-state index < -0.39 is 25.0 Å². The SMILES string of the molecule is Cc1ccc(C[B-](F)(F)F)cc1C(F)(F)F.[K+]. The maximum absolute atomic E-state index is 12.4. The number of hydrogen-bond donors (Lipinski definition) is 0. The summed E-state index contributed by atoms with van der Waals surface area (Å²) in [5.41, 5.74) is -1.44. The number of rotatable bonds is 2. The van der Waals surface area contributed by atoms with E-state index in [-0.39, 0.29) is 62.5 Å². The van der Waals surface area contributed by atoms with Crippen LogP contribution in [0.3, 0.4) is 0 Å². The van der Waals surface area contributed by atoms with Crippen LogP contribution in [0.5, 0.6) is 0 Å². The molecule has 90 valence electrons. The van der Waals surface area contributed by atoms with Gasteiger partial charge in [0.2, 0.25) is 0 Å². The van der Waals surface area contributed by atoms with E-state index in [0.717, 1.165) is 12.1 Å². The predicted molar refractivity (Wildman–Crippen MR) is 49.0 cm³/mol. The van der Waals surface area contributed by atoms with Crippen molar-refractivity contribution in [3.63, 3.8) is 0 Å². The zero-order chi connectivity index (χ0) is 12.6. The van der Waals surface area contributed by atoms with Gasteiger partial charge in [0.05, 0.1) is 5.56 Å². The molecule has 0 amide bonds. The molecule has 0 aliphatic heterocycles. The first-order valence-electron chi connectivity index (χ1n) is 4.47. The molecule has 0 nitrogen and oxygen atoms in total. The summed E-state index contributed by atoms with van der Waals surface area (Å²) in [7, 11) is 0. The van der Waals surface area contributed by atoms with Gasteiger partial charge in [-0.3, -0.25) is 0 Å². The van der Waals surface area contributed by atoms with E-state index in [2.05, 4.69) is 0 Å². The molecule has 0 radical (unpaired) electrons. The molecular weight excluding hydrogens is 272 g/mol. The van der Waals surface area contributed by atoms with E-state index in [4.69, 9.17) is 0 Å². The number of benzene rings is 1. The third kappa shape index (κ3) is 5.78. The topological polar surface area (TPSA) is 0 Å².